The largest absolute Gasteiger partial charge is 0.444 e. The third kappa shape index (κ3) is 11.6. The summed E-state index contributed by atoms with van der Waals surface area (Å²) in [4.78, 5) is 30.0. The Balaban J connectivity index is 1.93. The van der Waals surface area contributed by atoms with Crippen LogP contribution in [0.4, 0.5) is 9.59 Å². The molecular weight excluding hydrogens is 520 g/mol. The Kier molecular flexibility index (Phi) is 8.53. The number of carbonyl (C=O) groups is 2. The van der Waals surface area contributed by atoms with Gasteiger partial charge in [-0.1, -0.05) is 60.5 Å². The number of pyridine rings is 1. The topological polar surface area (TPSA) is 113 Å². The van der Waals surface area contributed by atoms with E-state index in [4.69, 9.17) is 16.3 Å². The molecule has 0 unspecified atom stereocenters. The van der Waals surface area contributed by atoms with E-state index in [1.54, 1.807) is 47.7 Å². The zero-order chi connectivity index (χ0) is 34.4. The maximum atomic E-state index is 12.8. The van der Waals surface area contributed by atoms with Crippen LogP contribution in [-0.4, -0.2) is 57.2 Å². The van der Waals surface area contributed by atoms with Crippen molar-refractivity contribution in [1.82, 2.24) is 20.7 Å². The second-order valence-corrected chi connectivity index (χ2v) is 11.5. The highest BCUT2D eigenvalue weighted by Crippen LogP contribution is 2.18. The Hall–Kier alpha value is -3.95. The summed E-state index contributed by atoms with van der Waals surface area (Å²) in [5.41, 5.74) is 3.33. The van der Waals surface area contributed by atoms with Gasteiger partial charge in [-0.25, -0.2) is 14.6 Å². The highest BCUT2D eigenvalue weighted by atomic mass is 16.6. The van der Waals surface area contributed by atoms with Crippen LogP contribution in [-0.2, 0) is 22.4 Å². The summed E-state index contributed by atoms with van der Waals surface area (Å²) in [5, 5.41) is 15.5. The van der Waals surface area contributed by atoms with Crippen molar-refractivity contribution >= 4 is 12.2 Å². The molecule has 0 aliphatic rings. The van der Waals surface area contributed by atoms with Crippen LogP contribution in [0.3, 0.4) is 0 Å². The van der Waals surface area contributed by atoms with Gasteiger partial charge >= 0.3 is 12.2 Å². The zero-order valence-electron chi connectivity index (χ0n) is 29.4. The fourth-order valence-corrected chi connectivity index (χ4v) is 3.81. The summed E-state index contributed by atoms with van der Waals surface area (Å²) in [6, 6.07) is 9.33. The van der Waals surface area contributed by atoms with E-state index < -0.39 is 65.7 Å². The molecule has 0 saturated heterocycles. The van der Waals surface area contributed by atoms with Crippen molar-refractivity contribution in [1.29, 1.82) is 0 Å². The molecule has 3 N–H and O–H groups in total. The Labute approximate surface area is 249 Å². The average molecular weight is 568 g/mol. The SMILES string of the molecule is [2H]c1c([2H])c([2H])c(C[C@H](NC(=O)OC(C)(C)C)[C@@H](O)CN(Cc2ccc(-c3ccccn3)cc2)NC(=O)OC(C)(C)C)c([2H])c1[2H]. The van der Waals surface area contributed by atoms with Crippen LogP contribution in [0.25, 0.3) is 11.3 Å². The van der Waals surface area contributed by atoms with Crippen LogP contribution in [0.5, 0.6) is 0 Å². The number of ether oxygens (including phenoxy) is 2. The second-order valence-electron chi connectivity index (χ2n) is 11.5. The van der Waals surface area contributed by atoms with Crippen LogP contribution in [0.2, 0.25) is 0 Å². The first-order chi connectivity index (χ1) is 21.3. The predicted octanol–water partition coefficient (Wildman–Crippen LogP) is 5.49. The lowest BCUT2D eigenvalue weighted by atomic mass is 10.0. The minimum absolute atomic E-state index is 0.0946. The molecule has 0 radical (unpaired) electrons. The molecule has 2 amide bonds. The lowest BCUT2D eigenvalue weighted by Gasteiger charge is -2.31. The number of hydrazine groups is 1. The quantitative estimate of drug-likeness (QED) is 0.278. The number of alkyl carbamates (subject to hydrolysis) is 1. The molecule has 1 heterocycles. The molecular formula is C32H42N4O5. The fourth-order valence-electron chi connectivity index (χ4n) is 3.81. The van der Waals surface area contributed by atoms with Gasteiger partial charge in [0.2, 0.25) is 0 Å². The second kappa shape index (κ2) is 14.1. The highest BCUT2D eigenvalue weighted by molar-refractivity contribution is 5.68. The Morgan fingerprint density at radius 2 is 1.56 bits per heavy atom. The molecule has 9 heteroatoms. The van der Waals surface area contributed by atoms with Crippen LogP contribution in [0, 0.1) is 0 Å². The molecule has 220 valence electrons. The van der Waals surface area contributed by atoms with Gasteiger partial charge in [0.1, 0.15) is 11.2 Å². The van der Waals surface area contributed by atoms with Gasteiger partial charge < -0.3 is 19.9 Å². The van der Waals surface area contributed by atoms with Gasteiger partial charge in [-0.05, 0) is 71.2 Å². The van der Waals surface area contributed by atoms with Crippen molar-refractivity contribution < 1.29 is 31.0 Å². The summed E-state index contributed by atoms with van der Waals surface area (Å²) >= 11 is 0. The Morgan fingerprint density at radius 3 is 2.15 bits per heavy atom. The maximum Gasteiger partial charge on any atom is 0.422 e. The number of hydrogen-bond donors (Lipinski definition) is 3. The molecule has 0 spiro atoms. The number of aromatic nitrogens is 1. The van der Waals surface area contributed by atoms with Crippen LogP contribution >= 0.6 is 0 Å². The van der Waals surface area contributed by atoms with E-state index in [0.717, 1.165) is 16.8 Å². The summed E-state index contributed by atoms with van der Waals surface area (Å²) in [6.07, 6.45) is -1.70. The molecule has 0 aliphatic carbocycles. The van der Waals surface area contributed by atoms with Crippen LogP contribution in [0.15, 0.2) is 78.9 Å². The van der Waals surface area contributed by atoms with Gasteiger partial charge in [-0.3, -0.25) is 10.4 Å². The minimum atomic E-state index is -1.42. The normalized spacial score (nSPS) is 15.0. The number of hydrogen-bond acceptors (Lipinski definition) is 7. The smallest absolute Gasteiger partial charge is 0.422 e. The van der Waals surface area contributed by atoms with Crippen molar-refractivity contribution in [2.75, 3.05) is 6.54 Å². The number of aliphatic hydroxyl groups is 1. The first-order valence-corrected chi connectivity index (χ1v) is 13.3. The third-order valence-electron chi connectivity index (χ3n) is 5.49. The average Bonchev–Trinajstić information content (AvgIpc) is 2.95. The summed E-state index contributed by atoms with van der Waals surface area (Å²) in [6.45, 7) is 10.00. The van der Waals surface area contributed by atoms with Crippen LogP contribution in [0.1, 0.15) is 59.5 Å². The Bertz CT molecular complexity index is 1480. The van der Waals surface area contributed by atoms with Gasteiger partial charge in [-0.15, -0.1) is 0 Å². The standard InChI is InChI=1S/C32H42N4O5/c1-31(2,3)40-29(38)34-27(20-23-12-8-7-9-13-23)28(37)22-36(35-30(39)41-32(4,5)6)21-24-15-17-25(18-16-24)26-14-10-11-19-33-26/h7-19,27-28,37H,20-22H2,1-6H3,(H,34,38)(H,35,39)/t27-,28-/m0/s1/i7D,8D,9D,12D,13D. The van der Waals surface area contributed by atoms with Crippen molar-refractivity contribution in [2.45, 2.75) is 77.9 Å². The van der Waals surface area contributed by atoms with E-state index in [9.17, 15) is 14.7 Å². The van der Waals surface area contributed by atoms with Crippen LogP contribution < -0.4 is 10.7 Å². The van der Waals surface area contributed by atoms with Gasteiger partial charge in [-0.2, -0.15) is 0 Å². The maximum absolute atomic E-state index is 12.8. The van der Waals surface area contributed by atoms with E-state index >= 15 is 0 Å². The molecule has 0 saturated carbocycles. The van der Waals surface area contributed by atoms with E-state index in [1.165, 1.54) is 5.01 Å². The van der Waals surface area contributed by atoms with Crippen molar-refractivity contribution in [3.05, 3.63) is 90.0 Å². The number of aliphatic hydroxyl groups excluding tert-OH is 1. The number of rotatable bonds is 10. The zero-order valence-corrected chi connectivity index (χ0v) is 24.4. The number of nitrogens with zero attached hydrogens (tertiary/aromatic N) is 2. The minimum Gasteiger partial charge on any atom is -0.444 e. The molecule has 41 heavy (non-hydrogen) atoms. The number of benzene rings is 2. The molecule has 1 aromatic heterocycles. The monoisotopic (exact) mass is 567 g/mol. The van der Waals surface area contributed by atoms with E-state index in [0.29, 0.717) is 0 Å². The molecule has 0 fully saturated rings. The summed E-state index contributed by atoms with van der Waals surface area (Å²) in [5.74, 6) is 0. The molecule has 0 aliphatic heterocycles. The first-order valence-electron chi connectivity index (χ1n) is 15.8. The van der Waals surface area contributed by atoms with Crippen molar-refractivity contribution in [3.8, 4) is 11.3 Å². The summed E-state index contributed by atoms with van der Waals surface area (Å²) < 4.78 is 51.5. The highest BCUT2D eigenvalue weighted by Gasteiger charge is 2.28. The van der Waals surface area contributed by atoms with E-state index in [-0.39, 0.29) is 25.1 Å². The third-order valence-corrected chi connectivity index (χ3v) is 5.49. The lowest BCUT2D eigenvalue weighted by molar-refractivity contribution is 0.0106. The lowest BCUT2D eigenvalue weighted by Crippen LogP contribution is -2.54. The fraction of sp³-hybridized carbons (Fsp3) is 0.406. The van der Waals surface area contributed by atoms with Crippen molar-refractivity contribution in [3.63, 3.8) is 0 Å². The number of carbonyl (C=O) groups excluding carboxylic acids is 2. The summed E-state index contributed by atoms with van der Waals surface area (Å²) in [7, 11) is 0. The van der Waals surface area contributed by atoms with Gasteiger partial charge in [0.15, 0.2) is 0 Å². The molecule has 2 atom stereocenters. The number of nitrogens with one attached hydrogen (secondary N) is 2. The molecule has 9 nitrogen and oxygen atoms in total. The molecule has 3 rings (SSSR count). The number of amides is 2. The molecule has 3 aromatic rings. The predicted molar refractivity (Wildman–Crippen MR) is 159 cm³/mol. The van der Waals surface area contributed by atoms with Gasteiger partial charge in [0, 0.05) is 24.8 Å². The van der Waals surface area contributed by atoms with Crippen molar-refractivity contribution in [2.24, 2.45) is 0 Å². The van der Waals surface area contributed by atoms with Gasteiger partial charge in [0.25, 0.3) is 0 Å². The van der Waals surface area contributed by atoms with E-state index in [2.05, 4.69) is 15.7 Å². The molecule has 0 bridgehead atoms. The Morgan fingerprint density at radius 1 is 0.927 bits per heavy atom. The first kappa shape index (κ1) is 24.8. The van der Waals surface area contributed by atoms with E-state index in [1.807, 2.05) is 42.5 Å². The van der Waals surface area contributed by atoms with Gasteiger partial charge in [0.05, 0.1) is 24.7 Å². The molecule has 2 aromatic carbocycles.